The maximum atomic E-state index is 9.86. The Kier molecular flexibility index (Phi) is 4.03. The normalized spacial score (nSPS) is 10.5. The van der Waals surface area contributed by atoms with Crippen molar-refractivity contribution < 1.29 is 20.1 Å². The predicted molar refractivity (Wildman–Crippen MR) is 76.6 cm³/mol. The molecule has 0 aliphatic heterocycles. The van der Waals surface area contributed by atoms with Crippen LogP contribution in [0.4, 0.5) is 0 Å². The number of ether oxygens (including phenoxy) is 1. The van der Waals surface area contributed by atoms with Gasteiger partial charge in [-0.25, -0.2) is 0 Å². The summed E-state index contributed by atoms with van der Waals surface area (Å²) in [6.45, 7) is 4.10. The lowest BCUT2D eigenvalue weighted by atomic mass is 10.0. The Balaban J connectivity index is 2.30. The van der Waals surface area contributed by atoms with Crippen LogP contribution >= 0.6 is 0 Å². The molecule has 0 bridgehead atoms. The Labute approximate surface area is 117 Å². The van der Waals surface area contributed by atoms with Crippen LogP contribution in [0.5, 0.6) is 23.0 Å². The molecule has 0 fully saturated rings. The van der Waals surface area contributed by atoms with Crippen LogP contribution in [0, 0.1) is 6.92 Å². The van der Waals surface area contributed by atoms with Crippen LogP contribution in [0.3, 0.4) is 0 Å². The first-order valence-corrected chi connectivity index (χ1v) is 6.47. The third-order valence-corrected chi connectivity index (χ3v) is 3.12. The Morgan fingerprint density at radius 3 is 2.40 bits per heavy atom. The molecule has 0 unspecified atom stereocenters. The lowest BCUT2D eigenvalue weighted by Crippen LogP contribution is -1.95. The third kappa shape index (κ3) is 2.96. The summed E-state index contributed by atoms with van der Waals surface area (Å²) in [6, 6.07) is 8.19. The van der Waals surface area contributed by atoms with Crippen molar-refractivity contribution in [3.63, 3.8) is 0 Å². The van der Waals surface area contributed by atoms with Crippen LogP contribution < -0.4 is 4.74 Å². The number of hydrogen-bond acceptors (Lipinski definition) is 4. The highest BCUT2D eigenvalue weighted by Gasteiger charge is 2.09. The zero-order chi connectivity index (χ0) is 14.7. The SMILES string of the molecule is CCOc1cc(Cc2cc(C)c(O)cc2O)ccc1O. The lowest BCUT2D eigenvalue weighted by molar-refractivity contribution is 0.318. The summed E-state index contributed by atoms with van der Waals surface area (Å²) in [4.78, 5) is 0. The highest BCUT2D eigenvalue weighted by molar-refractivity contribution is 5.48. The first-order chi connectivity index (χ1) is 9.51. The van der Waals surface area contributed by atoms with E-state index in [0.29, 0.717) is 29.9 Å². The van der Waals surface area contributed by atoms with Gasteiger partial charge in [0.05, 0.1) is 6.61 Å². The summed E-state index contributed by atoms with van der Waals surface area (Å²) in [6.07, 6.45) is 0.493. The second-order valence-corrected chi connectivity index (χ2v) is 4.68. The van der Waals surface area contributed by atoms with Crippen LogP contribution in [-0.2, 0) is 6.42 Å². The number of aromatic hydroxyl groups is 3. The van der Waals surface area contributed by atoms with Crippen LogP contribution in [0.2, 0.25) is 0 Å². The molecule has 0 atom stereocenters. The van der Waals surface area contributed by atoms with Gasteiger partial charge in [0, 0.05) is 12.5 Å². The largest absolute Gasteiger partial charge is 0.508 e. The molecule has 106 valence electrons. The van der Waals surface area contributed by atoms with Gasteiger partial charge in [0.1, 0.15) is 11.5 Å². The van der Waals surface area contributed by atoms with Gasteiger partial charge in [-0.15, -0.1) is 0 Å². The smallest absolute Gasteiger partial charge is 0.161 e. The van der Waals surface area contributed by atoms with E-state index in [1.807, 2.05) is 6.92 Å². The fourth-order valence-electron chi connectivity index (χ4n) is 2.05. The van der Waals surface area contributed by atoms with Crippen molar-refractivity contribution >= 4 is 0 Å². The zero-order valence-corrected chi connectivity index (χ0v) is 11.6. The quantitative estimate of drug-likeness (QED) is 0.801. The van der Waals surface area contributed by atoms with E-state index >= 15 is 0 Å². The number of hydrogen-bond donors (Lipinski definition) is 3. The second-order valence-electron chi connectivity index (χ2n) is 4.68. The minimum atomic E-state index is 0.0548. The van der Waals surface area contributed by atoms with Crippen molar-refractivity contribution in [3.05, 3.63) is 47.0 Å². The molecular weight excluding hydrogens is 256 g/mol. The van der Waals surface area contributed by atoms with Crippen molar-refractivity contribution in [2.75, 3.05) is 6.61 Å². The van der Waals surface area contributed by atoms with E-state index in [-0.39, 0.29) is 17.2 Å². The molecular formula is C16H18O4. The topological polar surface area (TPSA) is 69.9 Å². The Hall–Kier alpha value is -2.36. The summed E-state index contributed by atoms with van der Waals surface area (Å²) in [7, 11) is 0. The number of aryl methyl sites for hydroxylation is 1. The van der Waals surface area contributed by atoms with Crippen LogP contribution in [0.25, 0.3) is 0 Å². The molecule has 0 saturated carbocycles. The van der Waals surface area contributed by atoms with Crippen LogP contribution in [0.1, 0.15) is 23.6 Å². The van der Waals surface area contributed by atoms with Gasteiger partial charge in [-0.3, -0.25) is 0 Å². The molecule has 2 rings (SSSR count). The molecule has 3 N–H and O–H groups in total. The van der Waals surface area contributed by atoms with E-state index in [2.05, 4.69) is 0 Å². The molecule has 0 aromatic heterocycles. The molecule has 0 aliphatic carbocycles. The van der Waals surface area contributed by atoms with Gasteiger partial charge in [-0.05, 0) is 48.7 Å². The van der Waals surface area contributed by atoms with Gasteiger partial charge in [-0.2, -0.15) is 0 Å². The van der Waals surface area contributed by atoms with E-state index in [4.69, 9.17) is 4.74 Å². The summed E-state index contributed by atoms with van der Waals surface area (Å²) in [5.74, 6) is 0.660. The van der Waals surface area contributed by atoms with E-state index in [1.54, 1.807) is 31.2 Å². The number of benzene rings is 2. The van der Waals surface area contributed by atoms with Crippen molar-refractivity contribution in [1.82, 2.24) is 0 Å². The molecule has 20 heavy (non-hydrogen) atoms. The summed E-state index contributed by atoms with van der Waals surface area (Å²) in [5, 5.41) is 29.1. The first kappa shape index (κ1) is 14.1. The summed E-state index contributed by atoms with van der Waals surface area (Å²) in [5.41, 5.74) is 2.33. The standard InChI is InChI=1S/C16H18O4/c1-3-20-16-8-11(4-5-13(16)17)7-12-6-10(2)14(18)9-15(12)19/h4-6,8-9,17-19H,3,7H2,1-2H3. The summed E-state index contributed by atoms with van der Waals surface area (Å²) >= 11 is 0. The Morgan fingerprint density at radius 2 is 1.70 bits per heavy atom. The fourth-order valence-corrected chi connectivity index (χ4v) is 2.05. The van der Waals surface area contributed by atoms with Gasteiger partial charge < -0.3 is 20.1 Å². The number of phenols is 3. The summed E-state index contributed by atoms with van der Waals surface area (Å²) < 4.78 is 5.34. The average molecular weight is 274 g/mol. The van der Waals surface area contributed by atoms with E-state index in [1.165, 1.54) is 6.07 Å². The van der Waals surface area contributed by atoms with Gasteiger partial charge in [-0.1, -0.05) is 6.07 Å². The predicted octanol–water partition coefficient (Wildman–Crippen LogP) is 3.10. The Bertz CT molecular complexity index is 620. The highest BCUT2D eigenvalue weighted by Crippen LogP contribution is 2.31. The molecule has 2 aromatic carbocycles. The number of phenolic OH excluding ortho intramolecular Hbond substituents is 3. The van der Waals surface area contributed by atoms with E-state index < -0.39 is 0 Å². The average Bonchev–Trinajstić information content (AvgIpc) is 2.40. The van der Waals surface area contributed by atoms with Crippen molar-refractivity contribution in [3.8, 4) is 23.0 Å². The molecule has 0 heterocycles. The molecule has 4 heteroatoms. The maximum Gasteiger partial charge on any atom is 0.161 e. The van der Waals surface area contributed by atoms with Gasteiger partial charge in [0.15, 0.2) is 11.5 Å². The molecule has 0 radical (unpaired) electrons. The van der Waals surface area contributed by atoms with Crippen LogP contribution in [-0.4, -0.2) is 21.9 Å². The molecule has 0 aliphatic rings. The third-order valence-electron chi connectivity index (χ3n) is 3.12. The van der Waals surface area contributed by atoms with Crippen LogP contribution in [0.15, 0.2) is 30.3 Å². The zero-order valence-electron chi connectivity index (χ0n) is 11.6. The molecule has 0 spiro atoms. The minimum Gasteiger partial charge on any atom is -0.508 e. The highest BCUT2D eigenvalue weighted by atomic mass is 16.5. The lowest BCUT2D eigenvalue weighted by Gasteiger charge is -2.10. The molecule has 0 amide bonds. The van der Waals surface area contributed by atoms with Crippen molar-refractivity contribution in [1.29, 1.82) is 0 Å². The van der Waals surface area contributed by atoms with Gasteiger partial charge in [0.2, 0.25) is 0 Å². The molecule has 4 nitrogen and oxygen atoms in total. The van der Waals surface area contributed by atoms with Crippen molar-refractivity contribution in [2.24, 2.45) is 0 Å². The van der Waals surface area contributed by atoms with Gasteiger partial charge in [0.25, 0.3) is 0 Å². The second kappa shape index (κ2) is 5.74. The number of rotatable bonds is 4. The fraction of sp³-hybridized carbons (Fsp3) is 0.250. The van der Waals surface area contributed by atoms with E-state index in [0.717, 1.165) is 5.56 Å². The van der Waals surface area contributed by atoms with E-state index in [9.17, 15) is 15.3 Å². The maximum absolute atomic E-state index is 9.86. The molecule has 2 aromatic rings. The Morgan fingerprint density at radius 1 is 0.950 bits per heavy atom. The first-order valence-electron chi connectivity index (χ1n) is 6.47. The molecule has 0 saturated heterocycles. The van der Waals surface area contributed by atoms with Gasteiger partial charge >= 0.3 is 0 Å². The minimum absolute atomic E-state index is 0.0548. The monoisotopic (exact) mass is 274 g/mol. The van der Waals surface area contributed by atoms with Crippen molar-refractivity contribution in [2.45, 2.75) is 20.3 Å².